The summed E-state index contributed by atoms with van der Waals surface area (Å²) in [5.74, 6) is -2.10. The summed E-state index contributed by atoms with van der Waals surface area (Å²) in [5.41, 5.74) is 14.3. The van der Waals surface area contributed by atoms with Crippen LogP contribution in [0.5, 0.6) is 5.75 Å². The second-order valence-corrected chi connectivity index (χ2v) is 9.54. The number of carbonyl (C=O) groups excluding carboxylic acids is 2. The first kappa shape index (κ1) is 31.1. The molecule has 0 spiro atoms. The second-order valence-electron chi connectivity index (χ2n) is 9.54. The Hall–Kier alpha value is -4.12. The Morgan fingerprint density at radius 1 is 0.923 bits per heavy atom. The first-order valence-corrected chi connectivity index (χ1v) is 12.9. The topological polar surface area (TPSA) is 192 Å². The van der Waals surface area contributed by atoms with E-state index in [0.717, 1.165) is 22.3 Å². The molecular formula is C28H40N6O5. The van der Waals surface area contributed by atoms with Gasteiger partial charge in [-0.1, -0.05) is 30.3 Å². The number of nitrogens with one attached hydrogen (secondary N) is 3. The van der Waals surface area contributed by atoms with Gasteiger partial charge in [-0.15, -0.1) is 0 Å². The minimum Gasteiger partial charge on any atom is -0.508 e. The highest BCUT2D eigenvalue weighted by Crippen LogP contribution is 2.22. The van der Waals surface area contributed by atoms with Gasteiger partial charge in [0.25, 0.3) is 0 Å². The molecule has 39 heavy (non-hydrogen) atoms. The number of likely N-dealkylation sites (N-methyl/N-ethyl adjacent to an activating group) is 1. The number of benzene rings is 2. The minimum absolute atomic E-state index is 0.0817. The molecule has 2 rings (SSSR count). The molecule has 0 radical (unpaired) electrons. The Labute approximate surface area is 229 Å². The highest BCUT2D eigenvalue weighted by atomic mass is 16.4. The molecule has 0 aromatic heterocycles. The summed E-state index contributed by atoms with van der Waals surface area (Å²) in [4.78, 5) is 42.3. The predicted octanol–water partition coefficient (Wildman–Crippen LogP) is 0.880. The maximum Gasteiger partial charge on any atom is 0.326 e. The number of nitrogens with zero attached hydrogens (tertiary/aromatic N) is 1. The number of carboxylic acid groups (broad SMARTS) is 1. The van der Waals surface area contributed by atoms with Gasteiger partial charge in [-0.3, -0.25) is 14.6 Å². The molecule has 212 valence electrons. The van der Waals surface area contributed by atoms with Crippen molar-refractivity contribution in [3.05, 3.63) is 64.7 Å². The minimum atomic E-state index is -1.16. The van der Waals surface area contributed by atoms with Crippen LogP contribution in [0.4, 0.5) is 0 Å². The summed E-state index contributed by atoms with van der Waals surface area (Å²) < 4.78 is 0. The van der Waals surface area contributed by atoms with Crippen molar-refractivity contribution in [1.82, 2.24) is 16.0 Å². The van der Waals surface area contributed by atoms with E-state index in [0.29, 0.717) is 19.3 Å². The van der Waals surface area contributed by atoms with E-state index in [-0.39, 0.29) is 31.1 Å². The molecule has 11 nitrogen and oxygen atoms in total. The average molecular weight is 541 g/mol. The van der Waals surface area contributed by atoms with Gasteiger partial charge in [-0.05, 0) is 87.4 Å². The number of guanidine groups is 1. The molecule has 0 bridgehead atoms. The van der Waals surface area contributed by atoms with Crippen molar-refractivity contribution in [2.24, 2.45) is 16.5 Å². The highest BCUT2D eigenvalue weighted by Gasteiger charge is 2.29. The van der Waals surface area contributed by atoms with Crippen molar-refractivity contribution in [1.29, 1.82) is 0 Å². The predicted molar refractivity (Wildman–Crippen MR) is 150 cm³/mol. The lowest BCUT2D eigenvalue weighted by molar-refractivity contribution is -0.142. The van der Waals surface area contributed by atoms with Crippen LogP contribution in [0.25, 0.3) is 0 Å². The molecular weight excluding hydrogens is 500 g/mol. The molecule has 0 aliphatic carbocycles. The molecule has 0 fully saturated rings. The zero-order valence-corrected chi connectivity index (χ0v) is 22.7. The number of rotatable bonds is 15. The monoisotopic (exact) mass is 540 g/mol. The summed E-state index contributed by atoms with van der Waals surface area (Å²) in [7, 11) is 1.65. The Balaban J connectivity index is 2.15. The fourth-order valence-electron chi connectivity index (χ4n) is 4.35. The molecule has 0 heterocycles. The summed E-state index contributed by atoms with van der Waals surface area (Å²) >= 11 is 0. The molecule has 0 saturated heterocycles. The molecule has 2 aromatic carbocycles. The fourth-order valence-corrected chi connectivity index (χ4v) is 4.35. The van der Waals surface area contributed by atoms with Gasteiger partial charge in [-0.2, -0.15) is 0 Å². The number of hydrogen-bond donors (Lipinski definition) is 7. The van der Waals surface area contributed by atoms with E-state index in [1.165, 1.54) is 0 Å². The number of phenolic OH excluding ortho intramolecular Hbond substituents is 1. The molecule has 11 heteroatoms. The van der Waals surface area contributed by atoms with E-state index >= 15 is 0 Å². The van der Waals surface area contributed by atoms with Gasteiger partial charge in [0.15, 0.2) is 5.96 Å². The Morgan fingerprint density at radius 2 is 1.51 bits per heavy atom. The van der Waals surface area contributed by atoms with Crippen LogP contribution in [0.15, 0.2) is 47.5 Å². The first-order chi connectivity index (χ1) is 18.5. The Kier molecular flexibility index (Phi) is 12.2. The van der Waals surface area contributed by atoms with E-state index in [4.69, 9.17) is 11.5 Å². The number of aliphatic carboxylic acids is 1. The highest BCUT2D eigenvalue weighted by molar-refractivity contribution is 5.92. The summed E-state index contributed by atoms with van der Waals surface area (Å²) in [6.45, 7) is 3.96. The molecule has 2 aromatic rings. The van der Waals surface area contributed by atoms with Gasteiger partial charge >= 0.3 is 5.97 Å². The number of amides is 2. The number of nitrogens with two attached hydrogens (primary N) is 2. The smallest absolute Gasteiger partial charge is 0.326 e. The van der Waals surface area contributed by atoms with E-state index in [1.54, 1.807) is 19.2 Å². The third-order valence-electron chi connectivity index (χ3n) is 6.51. The van der Waals surface area contributed by atoms with Crippen LogP contribution in [-0.4, -0.2) is 65.7 Å². The van der Waals surface area contributed by atoms with E-state index < -0.39 is 35.9 Å². The SMILES string of the molecule is CN[C@@H](Cc1c(C)cc(O)cc1C)C(=O)N[C@H](CCCN=C(N)N)C(=O)N[C@H](CCc1ccccc1)C(=O)O. The van der Waals surface area contributed by atoms with Crippen LogP contribution in [0.1, 0.15) is 41.5 Å². The van der Waals surface area contributed by atoms with Crippen molar-refractivity contribution in [2.45, 2.75) is 64.1 Å². The van der Waals surface area contributed by atoms with Crippen LogP contribution in [0.3, 0.4) is 0 Å². The molecule has 9 N–H and O–H groups in total. The fraction of sp³-hybridized carbons (Fsp3) is 0.429. The number of hydrogen-bond acceptors (Lipinski definition) is 6. The normalized spacial score (nSPS) is 13.1. The zero-order valence-electron chi connectivity index (χ0n) is 22.7. The van der Waals surface area contributed by atoms with Crippen LogP contribution >= 0.6 is 0 Å². The van der Waals surface area contributed by atoms with Crippen molar-refractivity contribution in [2.75, 3.05) is 13.6 Å². The van der Waals surface area contributed by atoms with E-state index in [2.05, 4.69) is 20.9 Å². The molecule has 0 aliphatic rings. The lowest BCUT2D eigenvalue weighted by Gasteiger charge is -2.24. The van der Waals surface area contributed by atoms with Crippen LogP contribution < -0.4 is 27.4 Å². The number of phenols is 1. The molecule has 0 unspecified atom stereocenters. The first-order valence-electron chi connectivity index (χ1n) is 12.9. The average Bonchev–Trinajstić information content (AvgIpc) is 2.87. The van der Waals surface area contributed by atoms with Crippen LogP contribution in [-0.2, 0) is 27.2 Å². The van der Waals surface area contributed by atoms with Gasteiger partial charge in [0, 0.05) is 6.54 Å². The number of carbonyl (C=O) groups is 3. The maximum absolute atomic E-state index is 13.3. The lowest BCUT2D eigenvalue weighted by atomic mass is 9.95. The second kappa shape index (κ2) is 15.3. The largest absolute Gasteiger partial charge is 0.508 e. The van der Waals surface area contributed by atoms with Crippen molar-refractivity contribution in [3.63, 3.8) is 0 Å². The summed E-state index contributed by atoms with van der Waals surface area (Å²) in [5, 5.41) is 27.9. The molecule has 0 aliphatic heterocycles. The number of aromatic hydroxyl groups is 1. The summed E-state index contributed by atoms with van der Waals surface area (Å²) in [6, 6.07) is 9.86. The standard InChI is InChI=1S/C28H40N6O5/c1-17-14-20(35)15-18(2)21(17)16-24(31-3)26(37)33-22(10-7-13-32-28(29)30)25(36)34-23(27(38)39)12-11-19-8-5-4-6-9-19/h4-6,8-9,14-15,22-24,31,35H,7,10-13,16H2,1-3H3,(H,33,37)(H,34,36)(H,38,39)(H4,29,30,32)/t22-,23-,24+/m1/s1. The Morgan fingerprint density at radius 3 is 2.08 bits per heavy atom. The number of aryl methyl sites for hydroxylation is 3. The van der Waals surface area contributed by atoms with E-state index in [9.17, 15) is 24.6 Å². The van der Waals surface area contributed by atoms with Gasteiger partial charge in [0.2, 0.25) is 11.8 Å². The zero-order chi connectivity index (χ0) is 28.9. The number of carboxylic acids is 1. The van der Waals surface area contributed by atoms with Gasteiger partial charge in [0.05, 0.1) is 6.04 Å². The van der Waals surface area contributed by atoms with Crippen LogP contribution in [0, 0.1) is 13.8 Å². The third-order valence-corrected chi connectivity index (χ3v) is 6.51. The summed E-state index contributed by atoms with van der Waals surface area (Å²) in [6.07, 6.45) is 1.58. The number of aliphatic imine (C=N–C) groups is 1. The van der Waals surface area contributed by atoms with Gasteiger partial charge in [-0.25, -0.2) is 4.79 Å². The quantitative estimate of drug-likeness (QED) is 0.0983. The van der Waals surface area contributed by atoms with Gasteiger partial charge < -0.3 is 37.6 Å². The lowest BCUT2D eigenvalue weighted by Crippen LogP contribution is -2.55. The molecule has 2 amide bonds. The maximum atomic E-state index is 13.3. The molecule has 0 saturated carbocycles. The van der Waals surface area contributed by atoms with Crippen molar-refractivity contribution in [3.8, 4) is 5.75 Å². The van der Waals surface area contributed by atoms with Crippen molar-refractivity contribution < 1.29 is 24.6 Å². The van der Waals surface area contributed by atoms with E-state index in [1.807, 2.05) is 44.2 Å². The third kappa shape index (κ3) is 10.3. The van der Waals surface area contributed by atoms with Gasteiger partial charge in [0.1, 0.15) is 17.8 Å². The Bertz CT molecular complexity index is 1130. The van der Waals surface area contributed by atoms with Crippen molar-refractivity contribution >= 4 is 23.7 Å². The van der Waals surface area contributed by atoms with Crippen LogP contribution in [0.2, 0.25) is 0 Å². The molecule has 3 atom stereocenters.